The van der Waals surface area contributed by atoms with E-state index in [9.17, 15) is 27.9 Å². The molecule has 38 heavy (non-hydrogen) atoms. The zero-order chi connectivity index (χ0) is 28.1. The standard InChI is InChI=1S/C22H25N5O4.C2HF3O2/c23-21(24)26-31-13-11-25-19(28)18-10-5-12-27(18)20(29)22(30)16-8-3-1-6-14(16)15-7-2-4-9-17(15)22;3-2(4,5)1(6)7/h1-4,6-9,18,30H,5,10-13H2,(H,25,28)(H4,23,24,26);(H,6,7)/t18-;/m0./s1. The van der Waals surface area contributed by atoms with Crippen LogP contribution in [0.15, 0.2) is 53.7 Å². The number of carboxylic acids is 1. The van der Waals surface area contributed by atoms with Gasteiger partial charge in [0, 0.05) is 17.7 Å². The third-order valence-corrected chi connectivity index (χ3v) is 5.95. The molecule has 0 aromatic heterocycles. The highest BCUT2D eigenvalue weighted by molar-refractivity contribution is 6.00. The molecule has 0 radical (unpaired) electrons. The van der Waals surface area contributed by atoms with Gasteiger partial charge in [-0.25, -0.2) is 4.79 Å². The molecule has 1 aliphatic heterocycles. The molecule has 0 spiro atoms. The number of halogens is 3. The van der Waals surface area contributed by atoms with E-state index in [1.807, 2.05) is 24.3 Å². The first kappa shape index (κ1) is 28.2. The lowest BCUT2D eigenvalue weighted by molar-refractivity contribution is -0.192. The number of oxime groups is 1. The minimum atomic E-state index is -5.08. The first-order valence-electron chi connectivity index (χ1n) is 11.4. The van der Waals surface area contributed by atoms with Gasteiger partial charge >= 0.3 is 12.1 Å². The molecule has 1 heterocycles. The van der Waals surface area contributed by atoms with Crippen LogP contribution in [-0.2, 0) is 24.8 Å². The lowest BCUT2D eigenvalue weighted by atomic mass is 9.89. The number of alkyl halides is 3. The molecule has 2 aromatic carbocycles. The Hall–Kier alpha value is -4.33. The number of aliphatic carboxylic acids is 1. The number of likely N-dealkylation sites (tertiary alicyclic amines) is 1. The van der Waals surface area contributed by atoms with Crippen molar-refractivity contribution in [2.45, 2.75) is 30.7 Å². The number of benzene rings is 2. The largest absolute Gasteiger partial charge is 0.490 e. The highest BCUT2D eigenvalue weighted by Crippen LogP contribution is 2.48. The van der Waals surface area contributed by atoms with Crippen molar-refractivity contribution in [3.8, 4) is 11.1 Å². The number of carbonyl (C=O) groups is 3. The van der Waals surface area contributed by atoms with Crippen molar-refractivity contribution in [1.29, 1.82) is 0 Å². The maximum absolute atomic E-state index is 13.7. The van der Waals surface area contributed by atoms with Crippen LogP contribution in [0, 0.1) is 0 Å². The second-order valence-corrected chi connectivity index (χ2v) is 8.40. The fourth-order valence-electron chi connectivity index (χ4n) is 4.39. The molecule has 0 unspecified atom stereocenters. The Morgan fingerprint density at radius 1 is 1.08 bits per heavy atom. The minimum Gasteiger partial charge on any atom is -0.475 e. The van der Waals surface area contributed by atoms with Gasteiger partial charge in [-0.15, -0.1) is 0 Å². The number of nitrogens with two attached hydrogens (primary N) is 2. The molecule has 1 atom stereocenters. The van der Waals surface area contributed by atoms with Crippen molar-refractivity contribution in [2.24, 2.45) is 16.6 Å². The summed E-state index contributed by atoms with van der Waals surface area (Å²) in [5.41, 5.74) is 11.2. The Labute approximate surface area is 214 Å². The number of hydrogen-bond acceptors (Lipinski definition) is 6. The molecule has 1 saturated heterocycles. The molecule has 2 aromatic rings. The summed E-state index contributed by atoms with van der Waals surface area (Å²) in [6.45, 7) is 0.674. The van der Waals surface area contributed by atoms with E-state index in [1.54, 1.807) is 24.3 Å². The maximum Gasteiger partial charge on any atom is 0.490 e. The van der Waals surface area contributed by atoms with Crippen LogP contribution in [0.4, 0.5) is 13.2 Å². The van der Waals surface area contributed by atoms with Crippen molar-refractivity contribution in [1.82, 2.24) is 10.2 Å². The average molecular weight is 537 g/mol. The lowest BCUT2D eigenvalue weighted by Crippen LogP contribution is -2.53. The topological polar surface area (TPSA) is 181 Å². The van der Waals surface area contributed by atoms with Crippen molar-refractivity contribution in [2.75, 3.05) is 19.7 Å². The normalized spacial score (nSPS) is 16.8. The molecule has 0 saturated carbocycles. The van der Waals surface area contributed by atoms with E-state index < -0.39 is 29.7 Å². The number of rotatable bonds is 6. The molecule has 0 bridgehead atoms. The van der Waals surface area contributed by atoms with Gasteiger partial charge in [-0.05, 0) is 29.1 Å². The van der Waals surface area contributed by atoms with Crippen molar-refractivity contribution < 1.29 is 42.6 Å². The van der Waals surface area contributed by atoms with Crippen LogP contribution in [0.1, 0.15) is 24.0 Å². The average Bonchev–Trinajstić information content (AvgIpc) is 3.46. The molecular formula is C24H26F3N5O6. The van der Waals surface area contributed by atoms with Crippen molar-refractivity contribution >= 4 is 23.7 Å². The van der Waals surface area contributed by atoms with Gasteiger partial charge in [0.1, 0.15) is 12.6 Å². The Bertz CT molecular complexity index is 1190. The summed E-state index contributed by atoms with van der Waals surface area (Å²) in [5, 5.41) is 25.0. The number of guanidine groups is 1. The smallest absolute Gasteiger partial charge is 0.475 e. The fourth-order valence-corrected chi connectivity index (χ4v) is 4.39. The van der Waals surface area contributed by atoms with Gasteiger partial charge in [-0.3, -0.25) is 9.59 Å². The summed E-state index contributed by atoms with van der Waals surface area (Å²) in [5.74, 6) is -3.75. The summed E-state index contributed by atoms with van der Waals surface area (Å²) in [4.78, 5) is 41.7. The number of amides is 2. The highest BCUT2D eigenvalue weighted by Gasteiger charge is 2.52. The monoisotopic (exact) mass is 537 g/mol. The summed E-state index contributed by atoms with van der Waals surface area (Å²) in [6, 6.07) is 14.0. The number of nitrogens with one attached hydrogen (secondary N) is 1. The second-order valence-electron chi connectivity index (χ2n) is 8.40. The molecule has 2 amide bonds. The van der Waals surface area contributed by atoms with E-state index in [0.29, 0.717) is 30.5 Å². The quantitative estimate of drug-likeness (QED) is 0.156. The van der Waals surface area contributed by atoms with E-state index in [1.165, 1.54) is 4.90 Å². The van der Waals surface area contributed by atoms with Gasteiger partial charge in [0.2, 0.25) is 11.9 Å². The number of aliphatic hydroxyl groups is 1. The Balaban J connectivity index is 0.000000505. The minimum absolute atomic E-state index is 0.0923. The van der Waals surface area contributed by atoms with Crippen LogP contribution in [-0.4, -0.2) is 70.8 Å². The number of fused-ring (bicyclic) bond motifs is 3. The Kier molecular flexibility index (Phi) is 8.46. The van der Waals surface area contributed by atoms with Gasteiger partial charge in [0.05, 0.1) is 6.54 Å². The number of carbonyl (C=O) groups excluding carboxylic acids is 2. The van der Waals surface area contributed by atoms with Crippen LogP contribution in [0.25, 0.3) is 11.1 Å². The van der Waals surface area contributed by atoms with Crippen molar-refractivity contribution in [3.63, 3.8) is 0 Å². The van der Waals surface area contributed by atoms with Gasteiger partial charge < -0.3 is 36.7 Å². The number of nitrogens with zero attached hydrogens (tertiary/aromatic N) is 2. The van der Waals surface area contributed by atoms with Crippen LogP contribution in [0.5, 0.6) is 0 Å². The SMILES string of the molecule is NC(N)=NOCCNC(=O)[C@@H]1CCCN1C(=O)C1(O)c2ccccc2-c2ccccc21.O=C(O)C(F)(F)F. The first-order chi connectivity index (χ1) is 17.9. The van der Waals surface area contributed by atoms with Gasteiger partial charge in [-0.1, -0.05) is 48.5 Å². The van der Waals surface area contributed by atoms with Crippen molar-refractivity contribution in [3.05, 3.63) is 59.7 Å². The highest BCUT2D eigenvalue weighted by atomic mass is 19.4. The summed E-state index contributed by atoms with van der Waals surface area (Å²) >= 11 is 0. The molecular weight excluding hydrogens is 511 g/mol. The molecule has 204 valence electrons. The molecule has 1 aliphatic carbocycles. The third-order valence-electron chi connectivity index (χ3n) is 5.95. The van der Waals surface area contributed by atoms with Gasteiger partial charge in [-0.2, -0.15) is 13.2 Å². The van der Waals surface area contributed by atoms with E-state index >= 15 is 0 Å². The summed E-state index contributed by atoms with van der Waals surface area (Å²) in [7, 11) is 0. The predicted molar refractivity (Wildman–Crippen MR) is 128 cm³/mol. The fraction of sp³-hybridized carbons (Fsp3) is 0.333. The van der Waals surface area contributed by atoms with Gasteiger partial charge in [0.25, 0.3) is 5.91 Å². The third kappa shape index (κ3) is 5.80. The predicted octanol–water partition coefficient (Wildman–Crippen LogP) is 0.848. The van der Waals surface area contributed by atoms with E-state index in [0.717, 1.165) is 11.1 Å². The van der Waals surface area contributed by atoms with E-state index in [2.05, 4.69) is 10.5 Å². The number of carboxylic acid groups (broad SMARTS) is 1. The zero-order valence-electron chi connectivity index (χ0n) is 19.9. The molecule has 14 heteroatoms. The lowest BCUT2D eigenvalue weighted by Gasteiger charge is -2.32. The van der Waals surface area contributed by atoms with Crippen LogP contribution < -0.4 is 16.8 Å². The van der Waals surface area contributed by atoms with Crippen LogP contribution >= 0.6 is 0 Å². The summed E-state index contributed by atoms with van der Waals surface area (Å²) < 4.78 is 31.7. The van der Waals surface area contributed by atoms with Crippen LogP contribution in [0.2, 0.25) is 0 Å². The molecule has 11 nitrogen and oxygen atoms in total. The Morgan fingerprint density at radius 3 is 2.11 bits per heavy atom. The zero-order valence-corrected chi connectivity index (χ0v) is 19.9. The number of hydrogen-bond donors (Lipinski definition) is 5. The molecule has 1 fully saturated rings. The second kappa shape index (κ2) is 11.4. The first-order valence-corrected chi connectivity index (χ1v) is 11.4. The van der Waals surface area contributed by atoms with Gasteiger partial charge in [0.15, 0.2) is 5.60 Å². The molecule has 4 rings (SSSR count). The maximum atomic E-state index is 13.7. The van der Waals surface area contributed by atoms with Crippen LogP contribution in [0.3, 0.4) is 0 Å². The molecule has 7 N–H and O–H groups in total. The summed E-state index contributed by atoms with van der Waals surface area (Å²) in [6.07, 6.45) is -3.89. The van der Waals surface area contributed by atoms with E-state index in [-0.39, 0.29) is 25.0 Å². The van der Waals surface area contributed by atoms with E-state index in [4.69, 9.17) is 26.2 Å². The Morgan fingerprint density at radius 2 is 1.61 bits per heavy atom. The molecule has 2 aliphatic rings.